The van der Waals surface area contributed by atoms with E-state index in [0.29, 0.717) is 5.56 Å². The lowest BCUT2D eigenvalue weighted by Crippen LogP contribution is -2.51. The number of hydrogen-bond donors (Lipinski definition) is 2. The molecule has 0 saturated heterocycles. The average molecular weight is 425 g/mol. The molecule has 2 atom stereocenters. The van der Waals surface area contributed by atoms with Crippen LogP contribution in [0.4, 0.5) is 4.39 Å². The Kier molecular flexibility index (Phi) is 6.43. The Morgan fingerprint density at radius 3 is 2.52 bits per heavy atom. The number of nitrogens with zero attached hydrogens (tertiary/aromatic N) is 2. The molecule has 3 N–H and O–H groups in total. The smallest absolute Gasteiger partial charge is 0.251 e. The van der Waals surface area contributed by atoms with Crippen molar-refractivity contribution in [3.8, 4) is 0 Å². The van der Waals surface area contributed by atoms with Crippen LogP contribution in [-0.4, -0.2) is 28.2 Å². The van der Waals surface area contributed by atoms with Gasteiger partial charge in [-0.1, -0.05) is 44.2 Å². The van der Waals surface area contributed by atoms with Gasteiger partial charge in [0.1, 0.15) is 5.82 Å². The number of carbonyl (C=O) groups excluding carboxylic acids is 2. The number of halogens is 1. The highest BCUT2D eigenvalue weighted by molar-refractivity contribution is 5.99. The number of aliphatic imine (C=N–C) groups is 1. The van der Waals surface area contributed by atoms with E-state index in [2.05, 4.69) is 10.3 Å². The molecule has 0 bridgehead atoms. The minimum Gasteiger partial charge on any atom is -0.369 e. The van der Waals surface area contributed by atoms with E-state index in [0.717, 1.165) is 5.56 Å². The first-order valence-corrected chi connectivity index (χ1v) is 10.4. The largest absolute Gasteiger partial charge is 0.369 e. The lowest BCUT2D eigenvalue weighted by molar-refractivity contribution is -0.130. The van der Waals surface area contributed by atoms with Gasteiger partial charge in [-0.05, 0) is 43.5 Å². The van der Waals surface area contributed by atoms with Crippen LogP contribution in [0.5, 0.6) is 0 Å². The van der Waals surface area contributed by atoms with E-state index in [1.807, 2.05) is 58.0 Å². The Morgan fingerprint density at radius 2 is 1.90 bits per heavy atom. The van der Waals surface area contributed by atoms with Gasteiger partial charge in [-0.3, -0.25) is 14.5 Å². The molecule has 2 unspecified atom stereocenters. The van der Waals surface area contributed by atoms with Gasteiger partial charge in [0.05, 0.1) is 24.5 Å². The van der Waals surface area contributed by atoms with Gasteiger partial charge in [0, 0.05) is 11.1 Å². The number of hydrogen-bond acceptors (Lipinski definition) is 4. The topological polar surface area (TPSA) is 87.8 Å². The number of benzene rings is 2. The van der Waals surface area contributed by atoms with E-state index < -0.39 is 11.4 Å². The van der Waals surface area contributed by atoms with E-state index in [4.69, 9.17) is 5.73 Å². The van der Waals surface area contributed by atoms with Gasteiger partial charge >= 0.3 is 0 Å². The van der Waals surface area contributed by atoms with E-state index in [-0.39, 0.29) is 48.3 Å². The summed E-state index contributed by atoms with van der Waals surface area (Å²) in [6.45, 7) is 7.66. The fourth-order valence-electron chi connectivity index (χ4n) is 3.51. The molecule has 6 nitrogen and oxygen atoms in total. The molecule has 31 heavy (non-hydrogen) atoms. The van der Waals surface area contributed by atoms with Crippen LogP contribution in [0.3, 0.4) is 0 Å². The van der Waals surface area contributed by atoms with Crippen molar-refractivity contribution in [1.82, 2.24) is 10.2 Å². The third-order valence-corrected chi connectivity index (χ3v) is 5.98. The summed E-state index contributed by atoms with van der Waals surface area (Å²) in [5, 5.41) is 2.91. The maximum absolute atomic E-state index is 14.5. The van der Waals surface area contributed by atoms with Gasteiger partial charge in [0.2, 0.25) is 5.91 Å². The molecular weight excluding hydrogens is 395 g/mol. The highest BCUT2D eigenvalue weighted by Crippen LogP contribution is 2.30. The van der Waals surface area contributed by atoms with E-state index >= 15 is 0 Å². The highest BCUT2D eigenvalue weighted by atomic mass is 19.1. The zero-order valence-electron chi connectivity index (χ0n) is 18.4. The monoisotopic (exact) mass is 424 g/mol. The van der Waals surface area contributed by atoms with Crippen LogP contribution in [0.25, 0.3) is 0 Å². The number of rotatable bonds is 6. The quantitative estimate of drug-likeness (QED) is 0.740. The summed E-state index contributed by atoms with van der Waals surface area (Å²) >= 11 is 0. The first kappa shape index (κ1) is 22.5. The van der Waals surface area contributed by atoms with Crippen LogP contribution >= 0.6 is 0 Å². The summed E-state index contributed by atoms with van der Waals surface area (Å²) in [6.07, 6.45) is 0.196. The third-order valence-electron chi connectivity index (χ3n) is 5.98. The molecule has 0 spiro atoms. The van der Waals surface area contributed by atoms with Gasteiger partial charge in [-0.2, -0.15) is 0 Å². The van der Waals surface area contributed by atoms with E-state index in [1.54, 1.807) is 0 Å². The molecule has 1 aliphatic heterocycles. The number of nitrogens with one attached hydrogen (secondary N) is 1. The predicted octanol–water partition coefficient (Wildman–Crippen LogP) is 3.78. The van der Waals surface area contributed by atoms with Crippen LogP contribution in [0.15, 0.2) is 53.5 Å². The summed E-state index contributed by atoms with van der Waals surface area (Å²) in [5.41, 5.74) is 6.97. The number of amides is 2. The molecule has 0 radical (unpaired) electrons. The van der Waals surface area contributed by atoms with Crippen LogP contribution in [0.1, 0.15) is 61.6 Å². The molecule has 2 aromatic rings. The van der Waals surface area contributed by atoms with Crippen molar-refractivity contribution in [2.24, 2.45) is 16.6 Å². The molecule has 0 fully saturated rings. The van der Waals surface area contributed by atoms with Crippen molar-refractivity contribution in [3.63, 3.8) is 0 Å². The Hall–Kier alpha value is -3.22. The Bertz CT molecular complexity index is 1010. The summed E-state index contributed by atoms with van der Waals surface area (Å²) in [5.74, 6) is -0.843. The zero-order valence-corrected chi connectivity index (χ0v) is 18.4. The standard InChI is InChI=1S/C24H29FN4O2/c1-15(2)24(4)13-21(30)29(23(26)28-24)14-19-12-18(10-11-20(19)25)22(31)27-16(3)17-8-6-5-7-9-17/h5-12,15-16H,13-14H2,1-4H3,(H2,26,28)(H,27,31). The van der Waals surface area contributed by atoms with Gasteiger partial charge in [-0.25, -0.2) is 9.38 Å². The summed E-state index contributed by atoms with van der Waals surface area (Å²) in [4.78, 5) is 31.2. The highest BCUT2D eigenvalue weighted by Gasteiger charge is 2.38. The fraction of sp³-hybridized carbons (Fsp3) is 0.375. The molecule has 164 valence electrons. The molecule has 2 amide bonds. The minimum absolute atomic E-state index is 0.0689. The second-order valence-electron chi connectivity index (χ2n) is 8.55. The maximum Gasteiger partial charge on any atom is 0.251 e. The predicted molar refractivity (Wildman–Crippen MR) is 119 cm³/mol. The van der Waals surface area contributed by atoms with Crippen molar-refractivity contribution in [2.75, 3.05) is 0 Å². The van der Waals surface area contributed by atoms with Crippen LogP contribution in [0, 0.1) is 11.7 Å². The van der Waals surface area contributed by atoms with Gasteiger partial charge in [0.15, 0.2) is 5.96 Å². The first-order valence-electron chi connectivity index (χ1n) is 10.4. The van der Waals surface area contributed by atoms with Crippen molar-refractivity contribution in [2.45, 2.75) is 52.2 Å². The van der Waals surface area contributed by atoms with Crippen molar-refractivity contribution in [3.05, 3.63) is 71.0 Å². The summed E-state index contributed by atoms with van der Waals surface area (Å²) in [6, 6.07) is 13.5. The molecule has 0 aromatic heterocycles. The summed E-state index contributed by atoms with van der Waals surface area (Å²) < 4.78 is 14.5. The second-order valence-corrected chi connectivity index (χ2v) is 8.55. The van der Waals surface area contributed by atoms with Crippen LogP contribution in [-0.2, 0) is 11.3 Å². The van der Waals surface area contributed by atoms with Gasteiger partial charge < -0.3 is 11.1 Å². The lowest BCUT2D eigenvalue weighted by atomic mass is 9.84. The van der Waals surface area contributed by atoms with E-state index in [9.17, 15) is 14.0 Å². The van der Waals surface area contributed by atoms with Gasteiger partial charge in [-0.15, -0.1) is 0 Å². The average Bonchev–Trinajstić information content (AvgIpc) is 2.72. The number of guanidine groups is 1. The normalized spacial score (nSPS) is 19.9. The molecule has 2 aromatic carbocycles. The Labute approximate surface area is 182 Å². The van der Waals surface area contributed by atoms with E-state index in [1.165, 1.54) is 23.1 Å². The van der Waals surface area contributed by atoms with Crippen LogP contribution in [0.2, 0.25) is 0 Å². The Morgan fingerprint density at radius 1 is 1.23 bits per heavy atom. The Balaban J connectivity index is 1.78. The number of nitrogens with two attached hydrogens (primary N) is 1. The molecule has 1 heterocycles. The third kappa shape index (κ3) is 4.93. The number of carbonyl (C=O) groups is 2. The first-order chi connectivity index (χ1) is 14.6. The maximum atomic E-state index is 14.5. The summed E-state index contributed by atoms with van der Waals surface area (Å²) in [7, 11) is 0. The molecule has 0 saturated carbocycles. The minimum atomic E-state index is -0.578. The van der Waals surface area contributed by atoms with Crippen molar-refractivity contribution in [1.29, 1.82) is 0 Å². The van der Waals surface area contributed by atoms with Gasteiger partial charge in [0.25, 0.3) is 5.91 Å². The zero-order chi connectivity index (χ0) is 22.8. The SMILES string of the molecule is CC(NC(=O)c1ccc(F)c(CN2C(=O)CC(C)(C(C)C)N=C2N)c1)c1ccccc1. The molecular formula is C24H29FN4O2. The molecule has 7 heteroatoms. The lowest BCUT2D eigenvalue weighted by Gasteiger charge is -2.37. The second kappa shape index (κ2) is 8.88. The van der Waals surface area contributed by atoms with Crippen molar-refractivity contribution >= 4 is 17.8 Å². The van der Waals surface area contributed by atoms with Crippen molar-refractivity contribution < 1.29 is 14.0 Å². The molecule has 0 aliphatic carbocycles. The molecule has 3 rings (SSSR count). The van der Waals surface area contributed by atoms with Crippen LogP contribution < -0.4 is 11.1 Å². The molecule has 1 aliphatic rings. The fourth-order valence-corrected chi connectivity index (χ4v) is 3.51.